The maximum absolute atomic E-state index is 9.59. The van der Waals surface area contributed by atoms with Gasteiger partial charge in [-0.15, -0.1) is 0 Å². The third-order valence-electron chi connectivity index (χ3n) is 4.00. The average Bonchev–Trinajstić information content (AvgIpc) is 2.81. The molecule has 1 aliphatic rings. The first kappa shape index (κ1) is 12.8. The normalized spacial score (nSPS) is 17.1. The molecule has 0 fully saturated rings. The molecule has 2 heteroatoms. The van der Waals surface area contributed by atoms with E-state index >= 15 is 0 Å². The standard InChI is InChI=1S/C18H19NO/c1-11(2)18-14-6-4-3-5-12(14)9-15(18)13-7-8-17(20)16(19)10-13/h3-11,18,20H,19H2,1-2H3. The van der Waals surface area contributed by atoms with E-state index in [9.17, 15) is 5.11 Å². The Labute approximate surface area is 119 Å². The molecular weight excluding hydrogens is 246 g/mol. The predicted molar refractivity (Wildman–Crippen MR) is 84.4 cm³/mol. The van der Waals surface area contributed by atoms with Gasteiger partial charge >= 0.3 is 0 Å². The molecule has 0 aliphatic heterocycles. The van der Waals surface area contributed by atoms with Crippen LogP contribution in [0.5, 0.6) is 5.75 Å². The first-order valence-corrected chi connectivity index (χ1v) is 6.97. The van der Waals surface area contributed by atoms with Crippen LogP contribution in [-0.2, 0) is 0 Å². The Hall–Kier alpha value is -2.22. The number of hydrogen-bond donors (Lipinski definition) is 2. The molecule has 0 heterocycles. The molecule has 2 aromatic carbocycles. The summed E-state index contributed by atoms with van der Waals surface area (Å²) in [6, 6.07) is 14.0. The minimum absolute atomic E-state index is 0.144. The van der Waals surface area contributed by atoms with Gasteiger partial charge in [0.15, 0.2) is 0 Å². The monoisotopic (exact) mass is 265 g/mol. The molecule has 20 heavy (non-hydrogen) atoms. The third-order valence-corrected chi connectivity index (χ3v) is 4.00. The van der Waals surface area contributed by atoms with E-state index < -0.39 is 0 Å². The number of nitrogen functional groups attached to an aromatic ring is 1. The number of fused-ring (bicyclic) bond motifs is 1. The van der Waals surface area contributed by atoms with Gasteiger partial charge in [0.1, 0.15) is 5.75 Å². The van der Waals surface area contributed by atoms with E-state index in [1.807, 2.05) is 12.1 Å². The summed E-state index contributed by atoms with van der Waals surface area (Å²) >= 11 is 0. The van der Waals surface area contributed by atoms with Crippen molar-refractivity contribution < 1.29 is 5.11 Å². The molecule has 0 spiro atoms. The highest BCUT2D eigenvalue weighted by Crippen LogP contribution is 2.46. The highest BCUT2D eigenvalue weighted by molar-refractivity contribution is 5.92. The Kier molecular flexibility index (Phi) is 3.01. The van der Waals surface area contributed by atoms with E-state index in [-0.39, 0.29) is 5.75 Å². The van der Waals surface area contributed by atoms with Gasteiger partial charge in [0, 0.05) is 5.92 Å². The van der Waals surface area contributed by atoms with Crippen molar-refractivity contribution in [3.05, 3.63) is 59.2 Å². The van der Waals surface area contributed by atoms with E-state index in [0.717, 1.165) is 5.56 Å². The molecule has 1 unspecified atom stereocenters. The largest absolute Gasteiger partial charge is 0.506 e. The Morgan fingerprint density at radius 1 is 1.10 bits per heavy atom. The van der Waals surface area contributed by atoms with Crippen LogP contribution < -0.4 is 5.73 Å². The lowest BCUT2D eigenvalue weighted by atomic mass is 9.83. The number of hydrogen-bond acceptors (Lipinski definition) is 2. The van der Waals surface area contributed by atoms with Crippen molar-refractivity contribution in [2.24, 2.45) is 5.92 Å². The minimum atomic E-state index is 0.144. The summed E-state index contributed by atoms with van der Waals surface area (Å²) in [4.78, 5) is 0. The number of phenols is 1. The average molecular weight is 265 g/mol. The second-order valence-corrected chi connectivity index (χ2v) is 5.72. The van der Waals surface area contributed by atoms with Crippen LogP contribution in [0.25, 0.3) is 11.6 Å². The lowest BCUT2D eigenvalue weighted by Gasteiger charge is -2.21. The molecule has 102 valence electrons. The molecule has 2 nitrogen and oxygen atoms in total. The van der Waals surface area contributed by atoms with Crippen LogP contribution in [0.15, 0.2) is 42.5 Å². The van der Waals surface area contributed by atoms with Crippen molar-refractivity contribution in [3.63, 3.8) is 0 Å². The van der Waals surface area contributed by atoms with E-state index in [0.29, 0.717) is 17.5 Å². The number of benzene rings is 2. The minimum Gasteiger partial charge on any atom is -0.506 e. The van der Waals surface area contributed by atoms with E-state index in [4.69, 9.17) is 5.73 Å². The van der Waals surface area contributed by atoms with Crippen molar-refractivity contribution in [1.29, 1.82) is 0 Å². The number of allylic oxidation sites excluding steroid dienone is 1. The second-order valence-electron chi connectivity index (χ2n) is 5.72. The van der Waals surface area contributed by atoms with Crippen molar-refractivity contribution in [2.45, 2.75) is 19.8 Å². The molecule has 0 radical (unpaired) electrons. The van der Waals surface area contributed by atoms with Crippen LogP contribution in [0.3, 0.4) is 0 Å². The van der Waals surface area contributed by atoms with Gasteiger partial charge in [-0.1, -0.05) is 50.3 Å². The fourth-order valence-electron chi connectivity index (χ4n) is 3.07. The molecule has 1 atom stereocenters. The van der Waals surface area contributed by atoms with Crippen molar-refractivity contribution in [1.82, 2.24) is 0 Å². The molecular formula is C18H19NO. The summed E-state index contributed by atoms with van der Waals surface area (Å²) in [7, 11) is 0. The highest BCUT2D eigenvalue weighted by Gasteiger charge is 2.28. The highest BCUT2D eigenvalue weighted by atomic mass is 16.3. The van der Waals surface area contributed by atoms with E-state index in [2.05, 4.69) is 44.2 Å². The van der Waals surface area contributed by atoms with Crippen LogP contribution in [0.4, 0.5) is 5.69 Å². The zero-order valence-electron chi connectivity index (χ0n) is 11.8. The van der Waals surface area contributed by atoms with Gasteiger partial charge in [0.2, 0.25) is 0 Å². The van der Waals surface area contributed by atoms with Crippen molar-refractivity contribution >= 4 is 17.3 Å². The summed E-state index contributed by atoms with van der Waals surface area (Å²) < 4.78 is 0. The maximum atomic E-state index is 9.59. The fraction of sp³-hybridized carbons (Fsp3) is 0.222. The Bertz CT molecular complexity index is 686. The number of nitrogens with two attached hydrogens (primary N) is 1. The first-order chi connectivity index (χ1) is 9.58. The van der Waals surface area contributed by atoms with Crippen LogP contribution in [0.2, 0.25) is 0 Å². The Balaban J connectivity index is 2.11. The topological polar surface area (TPSA) is 46.2 Å². The third kappa shape index (κ3) is 1.97. The molecule has 0 saturated heterocycles. The summed E-state index contributed by atoms with van der Waals surface area (Å²) in [5.74, 6) is 1.04. The van der Waals surface area contributed by atoms with Gasteiger partial charge in [0.05, 0.1) is 5.69 Å². The molecule has 2 aromatic rings. The number of anilines is 1. The lowest BCUT2D eigenvalue weighted by molar-refractivity contribution is 0.478. The van der Waals surface area contributed by atoms with Crippen LogP contribution in [0.1, 0.15) is 36.5 Å². The first-order valence-electron chi connectivity index (χ1n) is 6.97. The zero-order valence-corrected chi connectivity index (χ0v) is 11.8. The molecule has 3 N–H and O–H groups in total. The smallest absolute Gasteiger partial charge is 0.138 e. The molecule has 3 rings (SSSR count). The van der Waals surface area contributed by atoms with Gasteiger partial charge in [-0.2, -0.15) is 0 Å². The zero-order chi connectivity index (χ0) is 14.3. The number of rotatable bonds is 2. The van der Waals surface area contributed by atoms with Crippen molar-refractivity contribution in [3.8, 4) is 5.75 Å². The quantitative estimate of drug-likeness (QED) is 0.629. The molecule has 1 aliphatic carbocycles. The van der Waals surface area contributed by atoms with Crippen LogP contribution in [-0.4, -0.2) is 5.11 Å². The Morgan fingerprint density at radius 3 is 2.55 bits per heavy atom. The summed E-state index contributed by atoms with van der Waals surface area (Å²) in [5.41, 5.74) is 11.3. The van der Waals surface area contributed by atoms with Crippen LogP contribution >= 0.6 is 0 Å². The Morgan fingerprint density at radius 2 is 1.85 bits per heavy atom. The van der Waals surface area contributed by atoms with Gasteiger partial charge in [-0.05, 0) is 40.3 Å². The van der Waals surface area contributed by atoms with Crippen LogP contribution in [0, 0.1) is 5.92 Å². The van der Waals surface area contributed by atoms with Gasteiger partial charge < -0.3 is 10.8 Å². The fourth-order valence-corrected chi connectivity index (χ4v) is 3.07. The molecule has 0 saturated carbocycles. The van der Waals surface area contributed by atoms with E-state index in [1.54, 1.807) is 6.07 Å². The summed E-state index contributed by atoms with van der Waals surface area (Å²) in [5, 5.41) is 9.59. The second kappa shape index (κ2) is 4.71. The lowest BCUT2D eigenvalue weighted by Crippen LogP contribution is -2.06. The molecule has 0 bridgehead atoms. The summed E-state index contributed by atoms with van der Waals surface area (Å²) in [6.07, 6.45) is 2.24. The van der Waals surface area contributed by atoms with E-state index in [1.165, 1.54) is 16.7 Å². The predicted octanol–water partition coefficient (Wildman–Crippen LogP) is 4.27. The number of phenolic OH excluding ortho intramolecular Hbond substituents is 1. The van der Waals surface area contributed by atoms with Gasteiger partial charge in [-0.3, -0.25) is 0 Å². The number of aromatic hydroxyl groups is 1. The van der Waals surface area contributed by atoms with Gasteiger partial charge in [-0.25, -0.2) is 0 Å². The summed E-state index contributed by atoms with van der Waals surface area (Å²) in [6.45, 7) is 4.48. The molecule has 0 amide bonds. The van der Waals surface area contributed by atoms with Crippen molar-refractivity contribution in [2.75, 3.05) is 5.73 Å². The maximum Gasteiger partial charge on any atom is 0.138 e. The SMILES string of the molecule is CC(C)C1C(c2ccc(O)c(N)c2)=Cc2ccccc21. The van der Waals surface area contributed by atoms with Gasteiger partial charge in [0.25, 0.3) is 0 Å². The molecule has 0 aromatic heterocycles.